The summed E-state index contributed by atoms with van der Waals surface area (Å²) in [6.07, 6.45) is -0.946. The van der Waals surface area contributed by atoms with Crippen molar-refractivity contribution in [3.8, 4) is 5.75 Å². The van der Waals surface area contributed by atoms with Gasteiger partial charge in [-0.2, -0.15) is 4.68 Å². The first-order valence-corrected chi connectivity index (χ1v) is 8.32. The van der Waals surface area contributed by atoms with Crippen LogP contribution < -0.4 is 10.3 Å². The van der Waals surface area contributed by atoms with Gasteiger partial charge in [-0.1, -0.05) is 40.5 Å². The third-order valence-electron chi connectivity index (χ3n) is 3.49. The Morgan fingerprint density at radius 3 is 2.77 bits per heavy atom. The monoisotopic (exact) mass is 393 g/mol. The zero-order chi connectivity index (χ0) is 18.7. The molecule has 2 aromatic carbocycles. The molecule has 0 spiro atoms. The van der Waals surface area contributed by atoms with Gasteiger partial charge >= 0.3 is 5.97 Å². The van der Waals surface area contributed by atoms with Crippen molar-refractivity contribution in [3.63, 3.8) is 0 Å². The van der Waals surface area contributed by atoms with Gasteiger partial charge in [-0.3, -0.25) is 4.79 Å². The Kier molecular flexibility index (Phi) is 5.39. The van der Waals surface area contributed by atoms with Crippen LogP contribution in [-0.2, 0) is 16.3 Å². The van der Waals surface area contributed by atoms with E-state index in [0.29, 0.717) is 21.7 Å². The van der Waals surface area contributed by atoms with Gasteiger partial charge in [-0.25, -0.2) is 4.79 Å². The molecule has 134 valence electrons. The summed E-state index contributed by atoms with van der Waals surface area (Å²) in [5, 5.41) is 8.77. The molecule has 1 aromatic heterocycles. The molecule has 0 unspecified atom stereocenters. The highest BCUT2D eigenvalue weighted by Crippen LogP contribution is 2.28. The summed E-state index contributed by atoms with van der Waals surface area (Å²) >= 11 is 11.8. The summed E-state index contributed by atoms with van der Waals surface area (Å²) in [4.78, 5) is 24.4. The van der Waals surface area contributed by atoms with Crippen molar-refractivity contribution in [2.45, 2.75) is 19.8 Å². The lowest BCUT2D eigenvalue weighted by Crippen LogP contribution is -2.31. The maximum atomic E-state index is 12.3. The molecule has 0 saturated carbocycles. The maximum absolute atomic E-state index is 12.3. The van der Waals surface area contributed by atoms with Crippen LogP contribution in [0.15, 0.2) is 47.3 Å². The van der Waals surface area contributed by atoms with Gasteiger partial charge in [0.25, 0.3) is 5.56 Å². The van der Waals surface area contributed by atoms with E-state index in [0.717, 1.165) is 4.68 Å². The third kappa shape index (κ3) is 3.95. The van der Waals surface area contributed by atoms with Crippen molar-refractivity contribution < 1.29 is 14.3 Å². The number of ether oxygens (including phenoxy) is 2. The van der Waals surface area contributed by atoms with Crippen LogP contribution in [0.4, 0.5) is 0 Å². The van der Waals surface area contributed by atoms with Gasteiger partial charge in [0.1, 0.15) is 11.3 Å². The zero-order valence-electron chi connectivity index (χ0n) is 13.6. The second-order valence-electron chi connectivity index (χ2n) is 5.34. The summed E-state index contributed by atoms with van der Waals surface area (Å²) in [6, 6.07) is 11.4. The summed E-state index contributed by atoms with van der Waals surface area (Å²) in [5.74, 6) is -0.388. The number of hydrogen-bond acceptors (Lipinski definition) is 6. The van der Waals surface area contributed by atoms with Crippen molar-refractivity contribution in [1.29, 1.82) is 0 Å². The molecule has 3 rings (SSSR count). The highest BCUT2D eigenvalue weighted by Gasteiger charge is 2.18. The maximum Gasteiger partial charge on any atom is 0.348 e. The van der Waals surface area contributed by atoms with Gasteiger partial charge in [0, 0.05) is 5.02 Å². The van der Waals surface area contributed by atoms with Crippen molar-refractivity contribution in [1.82, 2.24) is 15.0 Å². The van der Waals surface area contributed by atoms with Crippen molar-refractivity contribution >= 4 is 40.1 Å². The molecule has 7 nitrogen and oxygen atoms in total. The van der Waals surface area contributed by atoms with Crippen molar-refractivity contribution in [2.24, 2.45) is 0 Å². The van der Waals surface area contributed by atoms with E-state index in [1.54, 1.807) is 36.4 Å². The molecule has 0 aliphatic carbocycles. The third-order valence-corrected chi connectivity index (χ3v) is 4.02. The number of carbonyl (C=O) groups excluding carboxylic acids is 1. The second kappa shape index (κ2) is 7.72. The smallest absolute Gasteiger partial charge is 0.348 e. The Bertz CT molecular complexity index is 1020. The second-order valence-corrected chi connectivity index (χ2v) is 6.18. The lowest BCUT2D eigenvalue weighted by Gasteiger charge is -2.15. The molecule has 1 atom stereocenters. The molecule has 26 heavy (non-hydrogen) atoms. The number of fused-ring (bicyclic) bond motifs is 1. The Morgan fingerprint density at radius 1 is 1.23 bits per heavy atom. The van der Waals surface area contributed by atoms with E-state index in [9.17, 15) is 9.59 Å². The van der Waals surface area contributed by atoms with E-state index in [1.807, 2.05) is 0 Å². The fraction of sp³-hybridized carbons (Fsp3) is 0.176. The van der Waals surface area contributed by atoms with Crippen LogP contribution in [-0.4, -0.2) is 27.1 Å². The molecular weight excluding hydrogens is 381 g/mol. The van der Waals surface area contributed by atoms with Crippen LogP contribution >= 0.6 is 23.2 Å². The average molecular weight is 394 g/mol. The summed E-state index contributed by atoms with van der Waals surface area (Å²) in [7, 11) is 0. The summed E-state index contributed by atoms with van der Waals surface area (Å²) in [6.45, 7) is 1.12. The summed E-state index contributed by atoms with van der Waals surface area (Å²) in [5.41, 5.74) is 0.0619. The minimum atomic E-state index is -0.946. The Balaban J connectivity index is 1.66. The van der Waals surface area contributed by atoms with E-state index in [1.165, 1.54) is 13.0 Å². The molecular formula is C17H13Cl2N3O4. The highest BCUT2D eigenvalue weighted by atomic mass is 35.5. The van der Waals surface area contributed by atoms with Crippen LogP contribution in [0.5, 0.6) is 5.75 Å². The van der Waals surface area contributed by atoms with Crippen LogP contribution in [0.2, 0.25) is 10.0 Å². The quantitative estimate of drug-likeness (QED) is 0.619. The molecule has 0 amide bonds. The molecule has 0 saturated heterocycles. The molecule has 0 N–H and O–H groups in total. The van der Waals surface area contributed by atoms with Gasteiger partial charge in [0.05, 0.1) is 10.4 Å². The number of aromatic nitrogens is 3. The van der Waals surface area contributed by atoms with Gasteiger partial charge in [-0.15, -0.1) is 5.10 Å². The first-order chi connectivity index (χ1) is 12.5. The number of rotatable bonds is 5. The fourth-order valence-corrected chi connectivity index (χ4v) is 2.61. The van der Waals surface area contributed by atoms with Crippen molar-refractivity contribution in [2.75, 3.05) is 0 Å². The predicted molar refractivity (Wildman–Crippen MR) is 96.4 cm³/mol. The Hall–Kier alpha value is -2.64. The first-order valence-electron chi connectivity index (χ1n) is 7.56. The molecule has 1 heterocycles. The van der Waals surface area contributed by atoms with Crippen molar-refractivity contribution in [3.05, 3.63) is 62.9 Å². The Labute approximate surface area is 158 Å². The number of carbonyl (C=O) groups is 1. The molecule has 0 aliphatic rings. The highest BCUT2D eigenvalue weighted by molar-refractivity contribution is 6.35. The molecule has 0 radical (unpaired) electrons. The van der Waals surface area contributed by atoms with Gasteiger partial charge in [-0.05, 0) is 37.3 Å². The number of halogens is 2. The van der Waals surface area contributed by atoms with E-state index in [2.05, 4.69) is 10.3 Å². The van der Waals surface area contributed by atoms with Crippen LogP contribution in [0.3, 0.4) is 0 Å². The minimum absolute atomic E-state index is 0.272. The molecule has 0 bridgehead atoms. The van der Waals surface area contributed by atoms with Crippen LogP contribution in [0.1, 0.15) is 6.92 Å². The first kappa shape index (κ1) is 18.2. The normalized spacial score (nSPS) is 12.0. The zero-order valence-corrected chi connectivity index (χ0v) is 15.1. The average Bonchev–Trinajstić information content (AvgIpc) is 2.63. The van der Waals surface area contributed by atoms with Gasteiger partial charge < -0.3 is 9.47 Å². The molecule has 9 heteroatoms. The lowest BCUT2D eigenvalue weighted by atomic mass is 10.2. The SMILES string of the molecule is C[C@@H](Oc1ccc(Cl)cc1Cl)C(=O)OCn1nnc2ccccc2c1=O. The Morgan fingerprint density at radius 2 is 2.00 bits per heavy atom. The van der Waals surface area contributed by atoms with E-state index in [4.69, 9.17) is 32.7 Å². The lowest BCUT2D eigenvalue weighted by molar-refractivity contribution is -0.155. The number of hydrogen-bond donors (Lipinski definition) is 0. The van der Waals surface area contributed by atoms with Gasteiger partial charge in [0.15, 0.2) is 12.8 Å². The molecule has 0 aliphatic heterocycles. The minimum Gasteiger partial charge on any atom is -0.477 e. The van der Waals surface area contributed by atoms with Crippen LogP contribution in [0, 0.1) is 0 Å². The van der Waals surface area contributed by atoms with E-state index >= 15 is 0 Å². The van der Waals surface area contributed by atoms with E-state index in [-0.39, 0.29) is 11.8 Å². The van der Waals surface area contributed by atoms with Crippen LogP contribution in [0.25, 0.3) is 10.9 Å². The largest absolute Gasteiger partial charge is 0.477 e. The summed E-state index contributed by atoms with van der Waals surface area (Å²) < 4.78 is 11.5. The van der Waals surface area contributed by atoms with Gasteiger partial charge in [0.2, 0.25) is 0 Å². The number of esters is 1. The van der Waals surface area contributed by atoms with E-state index < -0.39 is 17.6 Å². The number of nitrogens with zero attached hydrogens (tertiary/aromatic N) is 3. The predicted octanol–water partition coefficient (Wildman–Crippen LogP) is 3.07. The molecule has 3 aromatic rings. The fourth-order valence-electron chi connectivity index (χ4n) is 2.16. The number of benzene rings is 2. The topological polar surface area (TPSA) is 83.3 Å². The standard InChI is InChI=1S/C17H13Cl2N3O4/c1-10(26-15-7-6-11(18)8-13(15)19)17(24)25-9-22-16(23)12-4-2-3-5-14(12)20-21-22/h2-8,10H,9H2,1H3/t10-/m1/s1. The molecule has 0 fully saturated rings.